The van der Waals surface area contributed by atoms with Gasteiger partial charge in [-0.3, -0.25) is 10.1 Å². The number of nitrogens with one attached hydrogen (secondary N) is 1. The molecular formula is C18H20FN3O4. The van der Waals surface area contributed by atoms with Crippen LogP contribution < -0.4 is 10.1 Å². The first kappa shape index (κ1) is 19.2. The Bertz CT molecular complexity index is 785. The molecule has 0 fully saturated rings. The molecule has 1 unspecified atom stereocenters. The van der Waals surface area contributed by atoms with Crippen LogP contribution in [0, 0.1) is 15.9 Å². The van der Waals surface area contributed by atoms with Crippen molar-refractivity contribution in [3.63, 3.8) is 0 Å². The fraction of sp³-hybridized carbons (Fsp3) is 0.278. The van der Waals surface area contributed by atoms with E-state index >= 15 is 0 Å². The van der Waals surface area contributed by atoms with Crippen molar-refractivity contribution in [3.05, 3.63) is 70.0 Å². The highest BCUT2D eigenvalue weighted by molar-refractivity contribution is 5.74. The Morgan fingerprint density at radius 1 is 1.31 bits per heavy atom. The van der Waals surface area contributed by atoms with Crippen LogP contribution in [0.1, 0.15) is 18.5 Å². The number of para-hydroxylation sites is 1. The number of carbonyl (C=O) groups excluding carboxylic acids is 1. The molecule has 7 nitrogen and oxygen atoms in total. The largest absolute Gasteiger partial charge is 0.489 e. The Labute approximate surface area is 150 Å². The van der Waals surface area contributed by atoms with Crippen LogP contribution in [0.25, 0.3) is 0 Å². The normalized spacial score (nSPS) is 11.5. The van der Waals surface area contributed by atoms with Crippen LogP contribution in [-0.4, -0.2) is 36.1 Å². The van der Waals surface area contributed by atoms with Crippen molar-refractivity contribution in [1.82, 2.24) is 10.2 Å². The first-order valence-electron chi connectivity index (χ1n) is 8.02. The third-order valence-corrected chi connectivity index (χ3v) is 3.94. The van der Waals surface area contributed by atoms with Crippen LogP contribution in [0.2, 0.25) is 0 Å². The maximum Gasteiger partial charge on any atom is 0.317 e. The Balaban J connectivity index is 1.85. The summed E-state index contributed by atoms with van der Waals surface area (Å²) in [4.78, 5) is 24.0. The topological polar surface area (TPSA) is 84.7 Å². The number of benzene rings is 2. The molecule has 0 saturated heterocycles. The summed E-state index contributed by atoms with van der Waals surface area (Å²) < 4.78 is 18.7. The third-order valence-electron chi connectivity index (χ3n) is 3.94. The van der Waals surface area contributed by atoms with Crippen LogP contribution in [0.15, 0.2) is 48.5 Å². The van der Waals surface area contributed by atoms with E-state index in [2.05, 4.69) is 5.32 Å². The zero-order chi connectivity index (χ0) is 19.1. The second-order valence-corrected chi connectivity index (χ2v) is 5.65. The quantitative estimate of drug-likeness (QED) is 0.465. The van der Waals surface area contributed by atoms with Gasteiger partial charge in [-0.25, -0.2) is 9.18 Å². The van der Waals surface area contributed by atoms with Crippen molar-refractivity contribution in [3.8, 4) is 5.75 Å². The summed E-state index contributed by atoms with van der Waals surface area (Å²) in [6.45, 7) is 2.08. The highest BCUT2D eigenvalue weighted by Gasteiger charge is 2.19. The molecule has 0 aliphatic rings. The molecule has 0 aromatic heterocycles. The van der Waals surface area contributed by atoms with E-state index in [1.54, 1.807) is 38.2 Å². The van der Waals surface area contributed by atoms with E-state index < -0.39 is 10.7 Å². The highest BCUT2D eigenvalue weighted by atomic mass is 19.1. The molecule has 2 aromatic rings. The van der Waals surface area contributed by atoms with E-state index in [4.69, 9.17) is 4.74 Å². The van der Waals surface area contributed by atoms with Gasteiger partial charge >= 0.3 is 6.03 Å². The van der Waals surface area contributed by atoms with Gasteiger partial charge in [-0.05, 0) is 24.6 Å². The van der Waals surface area contributed by atoms with Crippen molar-refractivity contribution in [2.24, 2.45) is 0 Å². The van der Waals surface area contributed by atoms with Gasteiger partial charge in [0.05, 0.1) is 17.5 Å². The minimum atomic E-state index is -0.476. The van der Waals surface area contributed by atoms with Crippen LogP contribution in [0.3, 0.4) is 0 Å². The molecule has 2 amide bonds. The summed E-state index contributed by atoms with van der Waals surface area (Å²) in [6.07, 6.45) is 0. The number of carbonyl (C=O) groups is 1. The van der Waals surface area contributed by atoms with Crippen LogP contribution in [0.4, 0.5) is 14.9 Å². The molecule has 1 N–H and O–H groups in total. The minimum Gasteiger partial charge on any atom is -0.489 e. The average Bonchev–Trinajstić information content (AvgIpc) is 2.65. The average molecular weight is 361 g/mol. The van der Waals surface area contributed by atoms with Crippen LogP contribution >= 0.6 is 0 Å². The zero-order valence-corrected chi connectivity index (χ0v) is 14.5. The first-order chi connectivity index (χ1) is 12.4. The lowest BCUT2D eigenvalue weighted by Crippen LogP contribution is -2.40. The number of halogens is 1. The number of nitro groups is 1. The van der Waals surface area contributed by atoms with Crippen molar-refractivity contribution in [1.29, 1.82) is 0 Å². The number of ether oxygens (including phenoxy) is 1. The van der Waals surface area contributed by atoms with Gasteiger partial charge in [0.15, 0.2) is 11.6 Å². The molecule has 2 rings (SSSR count). The van der Waals surface area contributed by atoms with Crippen LogP contribution in [-0.2, 0) is 0 Å². The molecule has 0 saturated carbocycles. The van der Waals surface area contributed by atoms with E-state index in [0.29, 0.717) is 5.56 Å². The van der Waals surface area contributed by atoms with Crippen molar-refractivity contribution in [2.45, 2.75) is 13.0 Å². The smallest absolute Gasteiger partial charge is 0.317 e. The fourth-order valence-electron chi connectivity index (χ4n) is 2.30. The number of hydrogen-bond acceptors (Lipinski definition) is 4. The SMILES string of the molecule is CC(c1cccc([N+](=O)[O-])c1)N(C)C(=O)NCCOc1ccccc1F. The Kier molecular flexibility index (Phi) is 6.48. The maximum atomic E-state index is 13.4. The maximum absolute atomic E-state index is 13.4. The minimum absolute atomic E-state index is 0.0264. The van der Waals surface area contributed by atoms with Gasteiger partial charge in [0.2, 0.25) is 0 Å². The van der Waals surface area contributed by atoms with Crippen molar-refractivity contribution >= 4 is 11.7 Å². The predicted octanol–water partition coefficient (Wildman–Crippen LogP) is 3.52. The summed E-state index contributed by atoms with van der Waals surface area (Å²) in [6, 6.07) is 11.5. The second kappa shape index (κ2) is 8.80. The molecular weight excluding hydrogens is 341 g/mol. The molecule has 138 valence electrons. The molecule has 0 heterocycles. The summed E-state index contributed by atoms with van der Waals surface area (Å²) in [5.74, 6) is -0.338. The number of hydrogen-bond donors (Lipinski definition) is 1. The van der Waals surface area contributed by atoms with Gasteiger partial charge in [0.25, 0.3) is 5.69 Å². The van der Waals surface area contributed by atoms with Crippen LogP contribution in [0.5, 0.6) is 5.75 Å². The molecule has 0 bridgehead atoms. The molecule has 2 aromatic carbocycles. The fourth-order valence-corrected chi connectivity index (χ4v) is 2.30. The number of amides is 2. The first-order valence-corrected chi connectivity index (χ1v) is 8.02. The standard InChI is InChI=1S/C18H20FN3O4/c1-13(14-6-5-7-15(12-14)22(24)25)21(2)18(23)20-10-11-26-17-9-4-3-8-16(17)19/h3-9,12-13H,10-11H2,1-2H3,(H,20,23). The molecule has 1 atom stereocenters. The number of rotatable bonds is 7. The molecule has 0 aliphatic heterocycles. The van der Waals surface area contributed by atoms with Crippen molar-refractivity contribution < 1.29 is 18.8 Å². The van der Waals surface area contributed by atoms with Gasteiger partial charge in [-0.2, -0.15) is 0 Å². The van der Waals surface area contributed by atoms with Gasteiger partial charge in [0.1, 0.15) is 6.61 Å². The lowest BCUT2D eigenvalue weighted by Gasteiger charge is -2.25. The molecule has 0 spiro atoms. The summed E-state index contributed by atoms with van der Waals surface area (Å²) >= 11 is 0. The van der Waals surface area contributed by atoms with Gasteiger partial charge in [-0.15, -0.1) is 0 Å². The van der Waals surface area contributed by atoms with E-state index in [9.17, 15) is 19.3 Å². The van der Waals surface area contributed by atoms with E-state index in [1.165, 1.54) is 29.2 Å². The predicted molar refractivity (Wildman–Crippen MR) is 94.6 cm³/mol. The highest BCUT2D eigenvalue weighted by Crippen LogP contribution is 2.23. The van der Waals surface area contributed by atoms with Crippen molar-refractivity contribution in [2.75, 3.05) is 20.2 Å². The monoisotopic (exact) mass is 361 g/mol. The summed E-state index contributed by atoms with van der Waals surface area (Å²) in [5.41, 5.74) is 0.626. The number of nitro benzene ring substituents is 1. The van der Waals surface area contributed by atoms with E-state index in [0.717, 1.165) is 0 Å². The lowest BCUT2D eigenvalue weighted by atomic mass is 10.1. The Morgan fingerprint density at radius 2 is 2.04 bits per heavy atom. The van der Waals surface area contributed by atoms with E-state index in [-0.39, 0.29) is 36.7 Å². The van der Waals surface area contributed by atoms with Gasteiger partial charge < -0.3 is 15.0 Å². The molecule has 0 radical (unpaired) electrons. The number of nitrogens with zero attached hydrogens (tertiary/aromatic N) is 2. The summed E-state index contributed by atoms with van der Waals surface area (Å²) in [5, 5.41) is 13.5. The Morgan fingerprint density at radius 3 is 2.73 bits per heavy atom. The molecule has 8 heteroatoms. The Hall–Kier alpha value is -3.16. The second-order valence-electron chi connectivity index (χ2n) is 5.65. The molecule has 0 aliphatic carbocycles. The van der Waals surface area contributed by atoms with Gasteiger partial charge in [-0.1, -0.05) is 24.3 Å². The molecule has 26 heavy (non-hydrogen) atoms. The lowest BCUT2D eigenvalue weighted by molar-refractivity contribution is -0.384. The number of urea groups is 1. The third kappa shape index (κ3) is 4.92. The summed E-state index contributed by atoms with van der Waals surface area (Å²) in [7, 11) is 1.59. The zero-order valence-electron chi connectivity index (χ0n) is 14.5. The van der Waals surface area contributed by atoms with Gasteiger partial charge in [0, 0.05) is 19.2 Å². The van der Waals surface area contributed by atoms with E-state index in [1.807, 2.05) is 0 Å². The number of non-ortho nitro benzene ring substituents is 1.